The Morgan fingerprint density at radius 2 is 1.98 bits per heavy atom. The van der Waals surface area contributed by atoms with Crippen molar-refractivity contribution >= 4 is 28.6 Å². The molecule has 5 rings (SSSR count). The van der Waals surface area contributed by atoms with Gasteiger partial charge in [0, 0.05) is 35.8 Å². The Morgan fingerprint density at radius 1 is 1.20 bits per heavy atom. The van der Waals surface area contributed by atoms with Crippen molar-refractivity contribution in [1.29, 1.82) is 0 Å². The van der Waals surface area contributed by atoms with Gasteiger partial charge in [-0.3, -0.25) is 9.56 Å². The van der Waals surface area contributed by atoms with Gasteiger partial charge in [-0.2, -0.15) is 4.98 Å². The lowest BCUT2D eigenvalue weighted by molar-refractivity contribution is 0.527. The molecule has 0 spiro atoms. The zero-order valence-electron chi connectivity index (χ0n) is 23.5. The van der Waals surface area contributed by atoms with Crippen molar-refractivity contribution in [2.45, 2.75) is 64.5 Å². The number of aromatic amines is 1. The highest BCUT2D eigenvalue weighted by atomic mass is 35.5. The molecule has 0 amide bonds. The minimum Gasteiger partial charge on any atom is -0.370 e. The summed E-state index contributed by atoms with van der Waals surface area (Å²) in [6, 6.07) is 13.9. The van der Waals surface area contributed by atoms with Gasteiger partial charge in [0.15, 0.2) is 11.8 Å². The number of halogens is 2. The molecule has 0 saturated carbocycles. The number of fused-ring (bicyclic) bond motifs is 1. The van der Waals surface area contributed by atoms with Crippen LogP contribution < -0.4 is 22.5 Å². The third-order valence-electron chi connectivity index (χ3n) is 7.72. The Kier molecular flexibility index (Phi) is 8.75. The van der Waals surface area contributed by atoms with Crippen molar-refractivity contribution in [3.05, 3.63) is 81.1 Å². The van der Waals surface area contributed by atoms with Crippen LogP contribution in [0.1, 0.15) is 63.1 Å². The fraction of sp³-hybridized carbons (Fsp3) is 0.387. The average molecular weight is 578 g/mol. The van der Waals surface area contributed by atoms with Crippen molar-refractivity contribution in [2.24, 2.45) is 22.4 Å². The quantitative estimate of drug-likeness (QED) is 0.144. The number of H-pyrrole nitrogens is 1. The Balaban J connectivity index is 1.35. The lowest BCUT2D eigenvalue weighted by atomic mass is 10.00. The molecule has 10 heteroatoms. The van der Waals surface area contributed by atoms with Gasteiger partial charge >= 0.3 is 5.69 Å². The van der Waals surface area contributed by atoms with Crippen LogP contribution in [0.15, 0.2) is 58.4 Å². The van der Waals surface area contributed by atoms with E-state index < -0.39 is 11.5 Å². The predicted octanol–water partition coefficient (Wildman–Crippen LogP) is 5.61. The molecular formula is C31H37ClFN7O. The van der Waals surface area contributed by atoms with Gasteiger partial charge < -0.3 is 21.8 Å². The van der Waals surface area contributed by atoms with Crippen LogP contribution in [-0.4, -0.2) is 33.1 Å². The van der Waals surface area contributed by atoms with E-state index in [1.54, 1.807) is 12.3 Å². The first-order valence-electron chi connectivity index (χ1n) is 14.2. The van der Waals surface area contributed by atoms with E-state index in [0.717, 1.165) is 49.7 Å². The summed E-state index contributed by atoms with van der Waals surface area (Å²) in [5.41, 5.74) is 14.6. The Morgan fingerprint density at radius 3 is 2.71 bits per heavy atom. The molecule has 1 aliphatic heterocycles. The number of hydrogen-bond donors (Lipinski definition) is 4. The van der Waals surface area contributed by atoms with Gasteiger partial charge in [0.1, 0.15) is 5.65 Å². The van der Waals surface area contributed by atoms with Crippen LogP contribution in [0.3, 0.4) is 0 Å². The van der Waals surface area contributed by atoms with E-state index >= 15 is 4.39 Å². The second kappa shape index (κ2) is 12.4. The van der Waals surface area contributed by atoms with Crippen LogP contribution >= 0.6 is 11.6 Å². The summed E-state index contributed by atoms with van der Waals surface area (Å²) >= 11 is 6.26. The van der Waals surface area contributed by atoms with Gasteiger partial charge in [-0.15, -0.1) is 0 Å². The molecule has 8 nitrogen and oxygen atoms in total. The number of aryl methyl sites for hydroxylation is 1. The van der Waals surface area contributed by atoms with Gasteiger partial charge in [0.25, 0.3) is 0 Å². The summed E-state index contributed by atoms with van der Waals surface area (Å²) in [5.74, 6) is 0.233. The summed E-state index contributed by atoms with van der Waals surface area (Å²) in [6.45, 7) is 4.98. The third kappa shape index (κ3) is 6.80. The first-order chi connectivity index (χ1) is 19.7. The highest BCUT2D eigenvalue weighted by molar-refractivity contribution is 6.31. The molecule has 2 aromatic carbocycles. The fourth-order valence-electron chi connectivity index (χ4n) is 5.55. The first-order valence-corrected chi connectivity index (χ1v) is 14.6. The molecule has 0 unspecified atom stereocenters. The Hall–Kier alpha value is -3.69. The zero-order chi connectivity index (χ0) is 29.1. The third-order valence-corrected chi connectivity index (χ3v) is 7.99. The van der Waals surface area contributed by atoms with Crippen LogP contribution in [0.4, 0.5) is 4.39 Å². The Labute approximate surface area is 244 Å². The maximum Gasteiger partial charge on any atom is 0.354 e. The monoisotopic (exact) mass is 577 g/mol. The largest absolute Gasteiger partial charge is 0.370 e. The molecule has 0 radical (unpaired) electrons. The van der Waals surface area contributed by atoms with Crippen molar-refractivity contribution in [3.8, 4) is 16.9 Å². The number of guanidine groups is 1. The summed E-state index contributed by atoms with van der Waals surface area (Å²) in [4.78, 5) is 24.4. The molecule has 1 fully saturated rings. The van der Waals surface area contributed by atoms with Gasteiger partial charge in [-0.1, -0.05) is 44.0 Å². The van der Waals surface area contributed by atoms with Crippen LogP contribution in [0.2, 0.25) is 5.02 Å². The number of rotatable bonds is 10. The van der Waals surface area contributed by atoms with E-state index in [0.29, 0.717) is 46.5 Å². The number of aliphatic imine (C=N–C) groups is 1. The van der Waals surface area contributed by atoms with Crippen LogP contribution in [-0.2, 0) is 6.42 Å². The lowest BCUT2D eigenvalue weighted by Gasteiger charge is -2.15. The van der Waals surface area contributed by atoms with E-state index in [4.69, 9.17) is 23.1 Å². The summed E-state index contributed by atoms with van der Waals surface area (Å²) in [6.07, 6.45) is 7.60. The predicted molar refractivity (Wildman–Crippen MR) is 164 cm³/mol. The van der Waals surface area contributed by atoms with Crippen molar-refractivity contribution < 1.29 is 4.39 Å². The van der Waals surface area contributed by atoms with E-state index in [9.17, 15) is 4.79 Å². The van der Waals surface area contributed by atoms with E-state index in [1.807, 2.05) is 36.4 Å². The Bertz CT molecular complexity index is 1610. The molecule has 2 aromatic heterocycles. The molecule has 2 atom stereocenters. The number of hydrogen-bond acceptors (Lipinski definition) is 4. The summed E-state index contributed by atoms with van der Waals surface area (Å²) < 4.78 is 16.6. The minimum absolute atomic E-state index is 0.0881. The van der Waals surface area contributed by atoms with Gasteiger partial charge in [0.05, 0.1) is 16.4 Å². The smallest absolute Gasteiger partial charge is 0.354 e. The van der Waals surface area contributed by atoms with Gasteiger partial charge in [0.2, 0.25) is 0 Å². The van der Waals surface area contributed by atoms with Crippen molar-refractivity contribution in [1.82, 2.24) is 19.9 Å². The molecule has 0 aliphatic carbocycles. The number of nitrogens with zero attached hydrogens (tertiary/aromatic N) is 3. The zero-order valence-corrected chi connectivity index (χ0v) is 24.2. The maximum atomic E-state index is 15.1. The van der Waals surface area contributed by atoms with E-state index in [-0.39, 0.29) is 17.0 Å². The van der Waals surface area contributed by atoms with E-state index in [1.165, 1.54) is 4.57 Å². The van der Waals surface area contributed by atoms with Crippen molar-refractivity contribution in [3.63, 3.8) is 0 Å². The molecule has 1 saturated heterocycles. The van der Waals surface area contributed by atoms with Gasteiger partial charge in [-0.25, -0.2) is 9.18 Å². The van der Waals surface area contributed by atoms with Crippen LogP contribution in [0, 0.1) is 11.7 Å². The maximum absolute atomic E-state index is 15.1. The summed E-state index contributed by atoms with van der Waals surface area (Å²) in [5, 5.41) is 4.43. The average Bonchev–Trinajstić information content (AvgIpc) is 3.57. The van der Waals surface area contributed by atoms with Crippen LogP contribution in [0.25, 0.3) is 28.0 Å². The molecule has 6 N–H and O–H groups in total. The number of nitrogens with one attached hydrogen (secondary N) is 2. The van der Waals surface area contributed by atoms with Gasteiger partial charge in [-0.05, 0) is 79.5 Å². The molecule has 216 valence electrons. The fourth-order valence-corrected chi connectivity index (χ4v) is 5.79. The SMILES string of the molecule is CC(C)CCCc1cc(Cl)c(F)c(-c2cc3cn(-c4ccc([C@@H]5CC[C@@H](CCN=C(N)N)N5)cc4)c(=O)nc3[nH]2)c1. The summed E-state index contributed by atoms with van der Waals surface area (Å²) in [7, 11) is 0. The molecule has 3 heterocycles. The normalized spacial score (nSPS) is 17.0. The number of aromatic nitrogens is 3. The number of benzene rings is 2. The molecule has 0 bridgehead atoms. The minimum atomic E-state index is -0.490. The van der Waals surface area contributed by atoms with E-state index in [2.05, 4.69) is 34.1 Å². The van der Waals surface area contributed by atoms with Crippen molar-refractivity contribution in [2.75, 3.05) is 6.54 Å². The molecule has 4 aromatic rings. The molecule has 1 aliphatic rings. The highest BCUT2D eigenvalue weighted by Crippen LogP contribution is 2.32. The molecular weight excluding hydrogens is 541 g/mol. The van der Waals surface area contributed by atoms with Crippen LogP contribution in [0.5, 0.6) is 0 Å². The first kappa shape index (κ1) is 28.8. The lowest BCUT2D eigenvalue weighted by Crippen LogP contribution is -2.27. The molecule has 41 heavy (non-hydrogen) atoms. The highest BCUT2D eigenvalue weighted by Gasteiger charge is 2.24. The topological polar surface area (TPSA) is 127 Å². The second-order valence-electron chi connectivity index (χ2n) is 11.3. The second-order valence-corrected chi connectivity index (χ2v) is 11.7. The number of nitrogens with two attached hydrogens (primary N) is 2. The standard InChI is InChI=1S/C31H37ClFN7O/c1-18(2)4-3-5-19-14-24(28(33)25(32)15-19)27-16-21-17-40(31(41)39-29(21)38-27)23-9-6-20(7-10-23)26-11-8-22(37-26)12-13-36-30(34)35/h6-7,9-10,14-18,22,26,37H,3-5,8,11-13H2,1-2H3,(H4,34,35,36)(H,38,39,41)/t22-,26-/m0/s1.